The van der Waals surface area contributed by atoms with Crippen molar-refractivity contribution in [3.63, 3.8) is 0 Å². The predicted octanol–water partition coefficient (Wildman–Crippen LogP) is 3.58. The fourth-order valence-corrected chi connectivity index (χ4v) is 3.20. The molecule has 0 saturated carbocycles. The molecule has 8 heteroatoms. The minimum Gasteiger partial charge on any atom is -0.493 e. The second kappa shape index (κ2) is 11.1. The molecule has 1 heterocycles. The lowest BCUT2D eigenvalue weighted by atomic mass is 10.1. The number of guanidine groups is 1. The van der Waals surface area contributed by atoms with Crippen LogP contribution in [0.25, 0.3) is 11.5 Å². The Morgan fingerprint density at radius 2 is 1.69 bits per heavy atom. The summed E-state index contributed by atoms with van der Waals surface area (Å²) in [6.45, 7) is 3.26. The highest BCUT2D eigenvalue weighted by Crippen LogP contribution is 2.38. The first-order valence-corrected chi connectivity index (χ1v) is 10.3. The fourth-order valence-electron chi connectivity index (χ4n) is 3.20. The highest BCUT2D eigenvalue weighted by atomic mass is 16.5. The number of ether oxygens (including phenoxy) is 3. The minimum atomic E-state index is 0.540. The molecular formula is C24H30N4O4. The van der Waals surface area contributed by atoms with Crippen molar-refractivity contribution < 1.29 is 18.6 Å². The number of oxazole rings is 1. The van der Waals surface area contributed by atoms with Crippen LogP contribution in [0.2, 0.25) is 0 Å². The molecule has 0 saturated heterocycles. The summed E-state index contributed by atoms with van der Waals surface area (Å²) in [6.07, 6.45) is 2.41. The molecule has 2 N–H and O–H groups in total. The van der Waals surface area contributed by atoms with E-state index in [2.05, 4.69) is 27.5 Å². The Morgan fingerprint density at radius 3 is 2.28 bits per heavy atom. The third-order valence-electron chi connectivity index (χ3n) is 4.93. The van der Waals surface area contributed by atoms with Crippen LogP contribution in [0.15, 0.2) is 52.1 Å². The van der Waals surface area contributed by atoms with E-state index in [1.807, 2.05) is 36.4 Å². The van der Waals surface area contributed by atoms with E-state index < -0.39 is 0 Å². The van der Waals surface area contributed by atoms with Gasteiger partial charge in [0, 0.05) is 32.1 Å². The van der Waals surface area contributed by atoms with Crippen LogP contribution in [0, 0.1) is 6.92 Å². The van der Waals surface area contributed by atoms with E-state index in [-0.39, 0.29) is 0 Å². The van der Waals surface area contributed by atoms with Crippen LogP contribution in [0.3, 0.4) is 0 Å². The number of hydrogen-bond acceptors (Lipinski definition) is 6. The van der Waals surface area contributed by atoms with Crippen LogP contribution in [0.4, 0.5) is 0 Å². The average molecular weight is 439 g/mol. The highest BCUT2D eigenvalue weighted by molar-refractivity contribution is 5.79. The van der Waals surface area contributed by atoms with E-state index >= 15 is 0 Å². The van der Waals surface area contributed by atoms with E-state index in [9.17, 15) is 0 Å². The molecule has 0 atom stereocenters. The van der Waals surface area contributed by atoms with Crippen LogP contribution in [-0.2, 0) is 13.0 Å². The molecule has 1 aromatic heterocycles. The first kappa shape index (κ1) is 23.0. The van der Waals surface area contributed by atoms with Gasteiger partial charge in [-0.15, -0.1) is 0 Å². The molecular weight excluding hydrogens is 408 g/mol. The summed E-state index contributed by atoms with van der Waals surface area (Å²) in [6, 6.07) is 11.9. The molecule has 2 aromatic carbocycles. The lowest BCUT2D eigenvalue weighted by Gasteiger charge is -2.15. The number of aryl methyl sites for hydroxylation is 1. The Bertz CT molecular complexity index is 1020. The van der Waals surface area contributed by atoms with Gasteiger partial charge in [0.2, 0.25) is 11.6 Å². The third-order valence-corrected chi connectivity index (χ3v) is 4.93. The van der Waals surface area contributed by atoms with Gasteiger partial charge in [-0.3, -0.25) is 4.99 Å². The molecule has 0 aliphatic rings. The zero-order valence-corrected chi connectivity index (χ0v) is 19.2. The maximum Gasteiger partial charge on any atom is 0.226 e. The van der Waals surface area contributed by atoms with Gasteiger partial charge >= 0.3 is 0 Å². The van der Waals surface area contributed by atoms with Gasteiger partial charge in [0.05, 0.1) is 27.0 Å². The Kier molecular flexibility index (Phi) is 7.96. The van der Waals surface area contributed by atoms with Gasteiger partial charge in [-0.05, 0) is 36.8 Å². The summed E-state index contributed by atoms with van der Waals surface area (Å²) in [5.74, 6) is 3.11. The number of rotatable bonds is 9. The van der Waals surface area contributed by atoms with Gasteiger partial charge < -0.3 is 29.3 Å². The molecule has 32 heavy (non-hydrogen) atoms. The predicted molar refractivity (Wildman–Crippen MR) is 125 cm³/mol. The summed E-state index contributed by atoms with van der Waals surface area (Å²) in [5, 5.41) is 6.59. The number of aliphatic imine (C=N–C) groups is 1. The van der Waals surface area contributed by atoms with Crippen molar-refractivity contribution in [2.24, 2.45) is 4.99 Å². The van der Waals surface area contributed by atoms with E-state index in [4.69, 9.17) is 18.6 Å². The van der Waals surface area contributed by atoms with Crippen molar-refractivity contribution in [3.8, 4) is 28.7 Å². The van der Waals surface area contributed by atoms with Gasteiger partial charge in [0.15, 0.2) is 17.5 Å². The van der Waals surface area contributed by atoms with Crippen LogP contribution in [0.5, 0.6) is 17.2 Å². The topological polar surface area (TPSA) is 90.1 Å². The molecule has 0 aliphatic carbocycles. The van der Waals surface area contributed by atoms with Crippen molar-refractivity contribution in [2.45, 2.75) is 19.9 Å². The zero-order valence-electron chi connectivity index (χ0n) is 19.2. The first-order chi connectivity index (χ1) is 15.6. The van der Waals surface area contributed by atoms with Gasteiger partial charge in [-0.25, -0.2) is 4.98 Å². The second-order valence-electron chi connectivity index (χ2n) is 7.15. The number of methoxy groups -OCH3 is 3. The summed E-state index contributed by atoms with van der Waals surface area (Å²) in [4.78, 5) is 8.85. The molecule has 0 bridgehead atoms. The Hall–Kier alpha value is -3.68. The Labute approximate surface area is 188 Å². The lowest BCUT2D eigenvalue weighted by Crippen LogP contribution is -2.37. The third kappa shape index (κ3) is 5.72. The summed E-state index contributed by atoms with van der Waals surface area (Å²) in [7, 11) is 6.52. The normalized spacial score (nSPS) is 11.2. The van der Waals surface area contributed by atoms with E-state index in [1.54, 1.807) is 34.6 Å². The maximum absolute atomic E-state index is 5.62. The highest BCUT2D eigenvalue weighted by Gasteiger charge is 2.13. The SMILES string of the molecule is CN=C(NCCc1coc(-c2ccc(C)cc2)n1)NCc1cc(OC)c(OC)c(OC)c1. The van der Waals surface area contributed by atoms with Gasteiger partial charge in [-0.2, -0.15) is 0 Å². The van der Waals surface area contributed by atoms with Crippen molar-refractivity contribution in [3.05, 3.63) is 59.5 Å². The van der Waals surface area contributed by atoms with E-state index in [1.165, 1.54) is 5.56 Å². The smallest absolute Gasteiger partial charge is 0.226 e. The molecule has 0 radical (unpaired) electrons. The van der Waals surface area contributed by atoms with Gasteiger partial charge in [0.1, 0.15) is 6.26 Å². The zero-order chi connectivity index (χ0) is 22.9. The maximum atomic E-state index is 5.62. The summed E-state index contributed by atoms with van der Waals surface area (Å²) < 4.78 is 21.8. The van der Waals surface area contributed by atoms with Crippen LogP contribution >= 0.6 is 0 Å². The van der Waals surface area contributed by atoms with Crippen molar-refractivity contribution in [1.82, 2.24) is 15.6 Å². The molecule has 8 nitrogen and oxygen atoms in total. The van der Waals surface area contributed by atoms with Crippen molar-refractivity contribution >= 4 is 5.96 Å². The number of nitrogens with zero attached hydrogens (tertiary/aromatic N) is 2. The van der Waals surface area contributed by atoms with Crippen LogP contribution in [0.1, 0.15) is 16.8 Å². The molecule has 0 aliphatic heterocycles. The molecule has 0 amide bonds. The number of benzene rings is 2. The standard InChI is InChI=1S/C24H30N4O4/c1-16-6-8-18(9-7-16)23-28-19(15-32-23)10-11-26-24(25-2)27-14-17-12-20(29-3)22(31-5)21(13-17)30-4/h6-9,12-13,15H,10-11,14H2,1-5H3,(H2,25,26,27). The molecule has 170 valence electrons. The molecule has 3 rings (SSSR count). The number of nitrogens with one attached hydrogen (secondary N) is 2. The Morgan fingerprint density at radius 1 is 1.00 bits per heavy atom. The van der Waals surface area contributed by atoms with Gasteiger partial charge in [0.25, 0.3) is 0 Å². The minimum absolute atomic E-state index is 0.540. The summed E-state index contributed by atoms with van der Waals surface area (Å²) >= 11 is 0. The van der Waals surface area contributed by atoms with Gasteiger partial charge in [-0.1, -0.05) is 17.7 Å². The Balaban J connectivity index is 1.53. The van der Waals surface area contributed by atoms with Crippen LogP contribution in [-0.4, -0.2) is 45.9 Å². The van der Waals surface area contributed by atoms with Crippen molar-refractivity contribution in [1.29, 1.82) is 0 Å². The molecule has 0 fully saturated rings. The second-order valence-corrected chi connectivity index (χ2v) is 7.15. The van der Waals surface area contributed by atoms with Crippen LogP contribution < -0.4 is 24.8 Å². The van der Waals surface area contributed by atoms with Crippen molar-refractivity contribution in [2.75, 3.05) is 34.9 Å². The first-order valence-electron chi connectivity index (χ1n) is 10.3. The quantitative estimate of drug-likeness (QED) is 0.390. The number of hydrogen-bond donors (Lipinski definition) is 2. The fraction of sp³-hybridized carbons (Fsp3) is 0.333. The molecule has 0 spiro atoms. The van der Waals surface area contributed by atoms with E-state index in [0.29, 0.717) is 48.6 Å². The van der Waals surface area contributed by atoms with E-state index in [0.717, 1.165) is 16.8 Å². The molecule has 3 aromatic rings. The lowest BCUT2D eigenvalue weighted by molar-refractivity contribution is 0.323. The summed E-state index contributed by atoms with van der Waals surface area (Å²) in [5.41, 5.74) is 4.03. The molecule has 0 unspecified atom stereocenters. The average Bonchev–Trinajstić information content (AvgIpc) is 3.29. The monoisotopic (exact) mass is 438 g/mol. The largest absolute Gasteiger partial charge is 0.493 e. The number of aromatic nitrogens is 1.